The molecule has 4 rings (SSSR count). The van der Waals surface area contributed by atoms with Crippen LogP contribution in [0.2, 0.25) is 0 Å². The van der Waals surface area contributed by atoms with Gasteiger partial charge in [-0.2, -0.15) is 13.2 Å². The molecule has 0 atom stereocenters. The molecule has 0 bridgehead atoms. The number of halogens is 3. The number of pyridine rings is 1. The maximum Gasteiger partial charge on any atom is 0.416 e. The monoisotopic (exact) mass is 450 g/mol. The van der Waals surface area contributed by atoms with E-state index in [-0.39, 0.29) is 5.91 Å². The number of aryl methyl sites for hydroxylation is 3. The van der Waals surface area contributed by atoms with E-state index in [1.54, 1.807) is 30.3 Å². The number of nitrogens with zero attached hydrogens (tertiary/aromatic N) is 4. The first-order chi connectivity index (χ1) is 15.5. The van der Waals surface area contributed by atoms with Gasteiger partial charge in [0.2, 0.25) is 0 Å². The Hall–Kier alpha value is -3.81. The summed E-state index contributed by atoms with van der Waals surface area (Å²) in [4.78, 5) is 27.5. The summed E-state index contributed by atoms with van der Waals surface area (Å²) >= 11 is 0. The number of alkyl halides is 3. The third-order valence-electron chi connectivity index (χ3n) is 5.50. The normalized spacial score (nSPS) is 11.6. The lowest BCUT2D eigenvalue weighted by Crippen LogP contribution is -2.27. The van der Waals surface area contributed by atoms with Crippen molar-refractivity contribution >= 4 is 22.5 Å². The molecule has 0 aliphatic carbocycles. The summed E-state index contributed by atoms with van der Waals surface area (Å²) in [5.74, 6) is 0.253. The van der Waals surface area contributed by atoms with Gasteiger partial charge in [-0.15, -0.1) is 0 Å². The zero-order valence-electron chi connectivity index (χ0n) is 18.5. The number of hydrogen-bond donors (Lipinski definition) is 0. The average molecular weight is 450 g/mol. The number of fused-ring (bicyclic) bond motifs is 1. The number of benzene rings is 2. The summed E-state index contributed by atoms with van der Waals surface area (Å²) in [5, 5.41) is 0.315. The predicted octanol–water partition coefficient (Wildman–Crippen LogP) is 5.91. The van der Waals surface area contributed by atoms with Crippen molar-refractivity contribution in [2.24, 2.45) is 0 Å². The lowest BCUT2D eigenvalue weighted by molar-refractivity contribution is -0.137. The zero-order valence-corrected chi connectivity index (χ0v) is 18.5. The number of hydrogen-bond acceptors (Lipinski definition) is 4. The number of carbonyl (C=O) groups excluding carboxylic acids is 1. The molecule has 4 aromatic rings. The summed E-state index contributed by atoms with van der Waals surface area (Å²) in [6, 6.07) is 10.6. The fraction of sp³-hybridized carbons (Fsp3) is 0.200. The summed E-state index contributed by atoms with van der Waals surface area (Å²) in [7, 11) is 1.71. The van der Waals surface area contributed by atoms with Crippen LogP contribution < -0.4 is 4.90 Å². The van der Waals surface area contributed by atoms with Crippen molar-refractivity contribution in [1.29, 1.82) is 0 Å². The molecule has 0 N–H and O–H groups in total. The molecule has 2 aromatic heterocycles. The van der Waals surface area contributed by atoms with E-state index in [2.05, 4.69) is 15.0 Å². The Bertz CT molecular complexity index is 1380. The van der Waals surface area contributed by atoms with E-state index in [1.165, 1.54) is 12.3 Å². The van der Waals surface area contributed by atoms with Gasteiger partial charge in [-0.3, -0.25) is 9.78 Å². The molecule has 1 amide bonds. The van der Waals surface area contributed by atoms with Gasteiger partial charge in [0.05, 0.1) is 11.1 Å². The number of amides is 1. The van der Waals surface area contributed by atoms with Crippen molar-refractivity contribution in [3.8, 4) is 11.4 Å². The molecule has 168 valence electrons. The number of aromatic nitrogens is 3. The Morgan fingerprint density at radius 3 is 2.36 bits per heavy atom. The highest BCUT2D eigenvalue weighted by atomic mass is 19.4. The largest absolute Gasteiger partial charge is 0.416 e. The zero-order chi connectivity index (χ0) is 23.9. The van der Waals surface area contributed by atoms with Crippen LogP contribution in [0.5, 0.6) is 0 Å². The standard InChI is InChI=1S/C25H21F3N4O/c1-14-9-17(23-30-13-18-11-19(25(26,27)28)6-7-21(18)31-23)5-8-22(14)32(4)24(33)20-10-16(3)29-12-15(20)2/h5-13H,1-4H3. The molecule has 33 heavy (non-hydrogen) atoms. The van der Waals surface area contributed by atoms with Crippen LogP contribution in [-0.4, -0.2) is 27.9 Å². The van der Waals surface area contributed by atoms with Gasteiger partial charge in [0.15, 0.2) is 5.82 Å². The molecule has 2 aromatic carbocycles. The van der Waals surface area contributed by atoms with Crippen molar-refractivity contribution in [3.63, 3.8) is 0 Å². The van der Waals surface area contributed by atoms with Gasteiger partial charge >= 0.3 is 6.18 Å². The summed E-state index contributed by atoms with van der Waals surface area (Å²) in [6.07, 6.45) is -1.35. The second-order valence-corrected chi connectivity index (χ2v) is 7.97. The average Bonchev–Trinajstić information content (AvgIpc) is 2.78. The molecule has 0 aliphatic rings. The Balaban J connectivity index is 1.65. The number of rotatable bonds is 3. The maximum atomic E-state index is 13.1. The van der Waals surface area contributed by atoms with E-state index in [4.69, 9.17) is 0 Å². The van der Waals surface area contributed by atoms with Gasteiger partial charge in [-0.1, -0.05) is 0 Å². The van der Waals surface area contributed by atoms with Crippen LogP contribution in [0.3, 0.4) is 0 Å². The van der Waals surface area contributed by atoms with Gasteiger partial charge in [-0.05, 0) is 74.4 Å². The quantitative estimate of drug-likeness (QED) is 0.389. The molecule has 0 spiro atoms. The fourth-order valence-corrected chi connectivity index (χ4v) is 3.67. The summed E-state index contributed by atoms with van der Waals surface area (Å²) in [5.41, 5.74) is 4.10. The van der Waals surface area contributed by atoms with E-state index in [9.17, 15) is 18.0 Å². The molecule has 0 radical (unpaired) electrons. The molecule has 8 heteroatoms. The predicted molar refractivity (Wildman–Crippen MR) is 121 cm³/mol. The van der Waals surface area contributed by atoms with Gasteiger partial charge in [0, 0.05) is 47.3 Å². The van der Waals surface area contributed by atoms with Crippen molar-refractivity contribution in [2.45, 2.75) is 26.9 Å². The third kappa shape index (κ3) is 4.41. The van der Waals surface area contributed by atoms with Crippen LogP contribution in [0, 0.1) is 20.8 Å². The fourth-order valence-electron chi connectivity index (χ4n) is 3.67. The van der Waals surface area contributed by atoms with Crippen LogP contribution in [0.1, 0.15) is 32.7 Å². The van der Waals surface area contributed by atoms with E-state index in [0.29, 0.717) is 27.9 Å². The molecular formula is C25H21F3N4O. The Kier molecular flexibility index (Phi) is 5.61. The van der Waals surface area contributed by atoms with Crippen molar-refractivity contribution < 1.29 is 18.0 Å². The lowest BCUT2D eigenvalue weighted by Gasteiger charge is -2.21. The highest BCUT2D eigenvalue weighted by Gasteiger charge is 2.30. The van der Waals surface area contributed by atoms with Gasteiger partial charge in [0.1, 0.15) is 0 Å². The first-order valence-corrected chi connectivity index (χ1v) is 10.2. The van der Waals surface area contributed by atoms with Crippen LogP contribution in [0.25, 0.3) is 22.3 Å². The first kappa shape index (κ1) is 22.4. The minimum Gasteiger partial charge on any atom is -0.311 e. The van der Waals surface area contributed by atoms with E-state index >= 15 is 0 Å². The minimum atomic E-state index is -4.42. The topological polar surface area (TPSA) is 59.0 Å². The Morgan fingerprint density at radius 1 is 0.909 bits per heavy atom. The molecular weight excluding hydrogens is 429 g/mol. The third-order valence-corrected chi connectivity index (χ3v) is 5.50. The van der Waals surface area contributed by atoms with Gasteiger partial charge in [0.25, 0.3) is 5.91 Å². The second-order valence-electron chi connectivity index (χ2n) is 7.97. The highest BCUT2D eigenvalue weighted by Crippen LogP contribution is 2.32. The summed E-state index contributed by atoms with van der Waals surface area (Å²) in [6.45, 7) is 5.56. The Labute approximate surface area is 188 Å². The smallest absolute Gasteiger partial charge is 0.311 e. The Morgan fingerprint density at radius 2 is 1.67 bits per heavy atom. The van der Waals surface area contributed by atoms with E-state index < -0.39 is 11.7 Å². The molecule has 0 saturated carbocycles. The second kappa shape index (κ2) is 8.27. The van der Waals surface area contributed by atoms with Gasteiger partial charge < -0.3 is 4.90 Å². The van der Waals surface area contributed by atoms with Crippen molar-refractivity contribution in [3.05, 3.63) is 82.8 Å². The lowest BCUT2D eigenvalue weighted by atomic mass is 10.1. The molecule has 0 aliphatic heterocycles. The number of carbonyl (C=O) groups is 1. The van der Waals surface area contributed by atoms with Crippen LogP contribution >= 0.6 is 0 Å². The first-order valence-electron chi connectivity index (χ1n) is 10.2. The molecule has 0 saturated heterocycles. The van der Waals surface area contributed by atoms with E-state index in [0.717, 1.165) is 34.6 Å². The van der Waals surface area contributed by atoms with E-state index in [1.807, 2.05) is 32.9 Å². The van der Waals surface area contributed by atoms with Crippen molar-refractivity contribution in [2.75, 3.05) is 11.9 Å². The van der Waals surface area contributed by atoms with Crippen LogP contribution in [-0.2, 0) is 6.18 Å². The summed E-state index contributed by atoms with van der Waals surface area (Å²) < 4.78 is 38.8. The van der Waals surface area contributed by atoms with Crippen LogP contribution in [0.15, 0.2) is 54.9 Å². The molecule has 0 fully saturated rings. The maximum absolute atomic E-state index is 13.1. The molecule has 0 unspecified atom stereocenters. The molecule has 2 heterocycles. The van der Waals surface area contributed by atoms with Gasteiger partial charge in [-0.25, -0.2) is 9.97 Å². The number of anilines is 1. The van der Waals surface area contributed by atoms with Crippen molar-refractivity contribution in [1.82, 2.24) is 15.0 Å². The minimum absolute atomic E-state index is 0.142. The van der Waals surface area contributed by atoms with Crippen LogP contribution in [0.4, 0.5) is 18.9 Å². The highest BCUT2D eigenvalue weighted by molar-refractivity contribution is 6.07. The SMILES string of the molecule is Cc1cc(C(=O)N(C)c2ccc(-c3ncc4cc(C(F)(F)F)ccc4n3)cc2C)c(C)cn1. The molecule has 5 nitrogen and oxygen atoms in total.